The fourth-order valence-corrected chi connectivity index (χ4v) is 1.89. The minimum absolute atomic E-state index is 0.0125. The first-order chi connectivity index (χ1) is 9.04. The Labute approximate surface area is 109 Å². The minimum Gasteiger partial charge on any atom is -0.386 e. The van der Waals surface area contributed by atoms with Crippen molar-refractivity contribution in [3.05, 3.63) is 33.9 Å². The smallest absolute Gasteiger partial charge is 0.289 e. The number of nitriles is 1. The molecule has 1 aromatic carbocycles. The number of rotatable bonds is 4. The molecule has 0 aromatic heterocycles. The van der Waals surface area contributed by atoms with Gasteiger partial charge in [-0.15, -0.1) is 0 Å². The molecule has 1 unspecified atom stereocenters. The maximum Gasteiger partial charge on any atom is 0.289 e. The average Bonchev–Trinajstić information content (AvgIpc) is 2.83. The SMILES string of the molecule is N#Cc1ccc(NCC2(O)CCOC2)cc1[N+](=O)[O-]. The van der Waals surface area contributed by atoms with Crippen LogP contribution in [0.15, 0.2) is 18.2 Å². The normalized spacial score (nSPS) is 21.9. The zero-order valence-electron chi connectivity index (χ0n) is 10.1. The Hall–Kier alpha value is -2.17. The molecule has 0 spiro atoms. The van der Waals surface area contributed by atoms with Crippen LogP contribution in [0.5, 0.6) is 0 Å². The molecule has 2 rings (SSSR count). The molecule has 0 saturated carbocycles. The summed E-state index contributed by atoms with van der Waals surface area (Å²) in [6.07, 6.45) is 0.526. The highest BCUT2D eigenvalue weighted by Gasteiger charge is 2.32. The van der Waals surface area contributed by atoms with Gasteiger partial charge in [-0.25, -0.2) is 0 Å². The van der Waals surface area contributed by atoms with E-state index in [0.29, 0.717) is 18.7 Å². The van der Waals surface area contributed by atoms with Gasteiger partial charge in [-0.1, -0.05) is 0 Å². The number of nitro benzene ring substituents is 1. The third kappa shape index (κ3) is 2.99. The van der Waals surface area contributed by atoms with Crippen LogP contribution in [0, 0.1) is 21.4 Å². The molecule has 7 nitrogen and oxygen atoms in total. The van der Waals surface area contributed by atoms with E-state index in [0.717, 1.165) is 0 Å². The highest BCUT2D eigenvalue weighted by molar-refractivity contribution is 5.59. The molecule has 0 amide bonds. The summed E-state index contributed by atoms with van der Waals surface area (Å²) >= 11 is 0. The van der Waals surface area contributed by atoms with Crippen molar-refractivity contribution < 1.29 is 14.8 Å². The van der Waals surface area contributed by atoms with Gasteiger partial charge in [0.2, 0.25) is 0 Å². The molecule has 1 aliphatic heterocycles. The Kier molecular flexibility index (Phi) is 3.64. The minimum atomic E-state index is -0.942. The van der Waals surface area contributed by atoms with Crippen molar-refractivity contribution in [1.82, 2.24) is 0 Å². The summed E-state index contributed by atoms with van der Waals surface area (Å²) < 4.78 is 5.11. The summed E-state index contributed by atoms with van der Waals surface area (Å²) in [5.74, 6) is 0. The predicted octanol–water partition coefficient (Wildman–Crippen LogP) is 1.03. The van der Waals surface area contributed by atoms with Crippen LogP contribution in [-0.2, 0) is 4.74 Å². The highest BCUT2D eigenvalue weighted by atomic mass is 16.6. The van der Waals surface area contributed by atoms with Crippen molar-refractivity contribution in [2.75, 3.05) is 25.1 Å². The molecule has 1 aliphatic rings. The van der Waals surface area contributed by atoms with E-state index in [1.54, 1.807) is 12.1 Å². The van der Waals surface area contributed by atoms with Gasteiger partial charge in [-0.05, 0) is 12.1 Å². The lowest BCUT2D eigenvalue weighted by Gasteiger charge is -2.21. The molecule has 1 saturated heterocycles. The van der Waals surface area contributed by atoms with Crippen molar-refractivity contribution in [2.45, 2.75) is 12.0 Å². The largest absolute Gasteiger partial charge is 0.386 e. The van der Waals surface area contributed by atoms with Crippen LogP contribution < -0.4 is 5.32 Å². The molecule has 1 heterocycles. The molecule has 7 heteroatoms. The second-order valence-electron chi connectivity index (χ2n) is 4.48. The van der Waals surface area contributed by atoms with Crippen LogP contribution >= 0.6 is 0 Å². The van der Waals surface area contributed by atoms with Crippen molar-refractivity contribution in [2.24, 2.45) is 0 Å². The number of anilines is 1. The van der Waals surface area contributed by atoms with E-state index in [9.17, 15) is 15.2 Å². The van der Waals surface area contributed by atoms with Crippen LogP contribution in [0.3, 0.4) is 0 Å². The molecule has 1 fully saturated rings. The van der Waals surface area contributed by atoms with Gasteiger partial charge in [0.1, 0.15) is 17.2 Å². The summed E-state index contributed by atoms with van der Waals surface area (Å²) in [5.41, 5.74) is -0.686. The van der Waals surface area contributed by atoms with Gasteiger partial charge in [0.05, 0.1) is 11.5 Å². The fourth-order valence-electron chi connectivity index (χ4n) is 1.89. The second-order valence-corrected chi connectivity index (χ2v) is 4.48. The number of aliphatic hydroxyl groups is 1. The van der Waals surface area contributed by atoms with E-state index < -0.39 is 10.5 Å². The quantitative estimate of drug-likeness (QED) is 0.620. The van der Waals surface area contributed by atoms with Gasteiger partial charge in [0, 0.05) is 31.3 Å². The lowest BCUT2D eigenvalue weighted by Crippen LogP contribution is -2.37. The van der Waals surface area contributed by atoms with E-state index >= 15 is 0 Å². The average molecular weight is 263 g/mol. The molecular weight excluding hydrogens is 250 g/mol. The maximum absolute atomic E-state index is 10.8. The van der Waals surface area contributed by atoms with Gasteiger partial charge in [0.15, 0.2) is 0 Å². The molecule has 0 radical (unpaired) electrons. The van der Waals surface area contributed by atoms with Gasteiger partial charge in [-0.2, -0.15) is 5.26 Å². The van der Waals surface area contributed by atoms with Gasteiger partial charge >= 0.3 is 0 Å². The third-order valence-corrected chi connectivity index (χ3v) is 3.02. The molecule has 2 N–H and O–H groups in total. The zero-order valence-corrected chi connectivity index (χ0v) is 10.1. The first kappa shape index (κ1) is 13.3. The van der Waals surface area contributed by atoms with Crippen molar-refractivity contribution in [1.29, 1.82) is 5.26 Å². The molecule has 19 heavy (non-hydrogen) atoms. The Bertz CT molecular complexity index is 532. The number of nitro groups is 1. The van der Waals surface area contributed by atoms with E-state index in [4.69, 9.17) is 10.00 Å². The number of nitrogens with one attached hydrogen (secondary N) is 1. The number of ether oxygens (including phenoxy) is 1. The van der Waals surface area contributed by atoms with E-state index in [2.05, 4.69) is 5.32 Å². The van der Waals surface area contributed by atoms with Crippen LogP contribution in [0.4, 0.5) is 11.4 Å². The Morgan fingerprint density at radius 3 is 3.00 bits per heavy atom. The molecule has 0 aliphatic carbocycles. The fraction of sp³-hybridized carbons (Fsp3) is 0.417. The molecule has 100 valence electrons. The Morgan fingerprint density at radius 2 is 2.42 bits per heavy atom. The van der Waals surface area contributed by atoms with E-state index in [1.807, 2.05) is 0 Å². The summed E-state index contributed by atoms with van der Waals surface area (Å²) in [6, 6.07) is 6.02. The zero-order chi connectivity index (χ0) is 13.9. The van der Waals surface area contributed by atoms with Crippen molar-refractivity contribution in [3.8, 4) is 6.07 Å². The second kappa shape index (κ2) is 5.22. The first-order valence-electron chi connectivity index (χ1n) is 5.77. The third-order valence-electron chi connectivity index (χ3n) is 3.02. The number of hydrogen-bond donors (Lipinski definition) is 2. The number of hydrogen-bond acceptors (Lipinski definition) is 6. The van der Waals surface area contributed by atoms with E-state index in [-0.39, 0.29) is 24.4 Å². The monoisotopic (exact) mass is 263 g/mol. The van der Waals surface area contributed by atoms with Crippen LogP contribution in [0.2, 0.25) is 0 Å². The summed E-state index contributed by atoms with van der Waals surface area (Å²) in [5, 5.41) is 32.6. The number of nitrogens with zero attached hydrogens (tertiary/aromatic N) is 2. The van der Waals surface area contributed by atoms with Crippen molar-refractivity contribution in [3.63, 3.8) is 0 Å². The lowest BCUT2D eigenvalue weighted by molar-refractivity contribution is -0.385. The van der Waals surface area contributed by atoms with E-state index in [1.165, 1.54) is 12.1 Å². The van der Waals surface area contributed by atoms with Gasteiger partial charge in [0.25, 0.3) is 5.69 Å². The Morgan fingerprint density at radius 1 is 1.63 bits per heavy atom. The molecule has 1 aromatic rings. The maximum atomic E-state index is 10.8. The molecular formula is C12H13N3O4. The Balaban J connectivity index is 2.11. The standard InChI is InChI=1S/C12H13N3O4/c13-6-9-1-2-10(5-11(9)15(17)18)14-7-12(16)3-4-19-8-12/h1-2,5,14,16H,3-4,7-8H2. The highest BCUT2D eigenvalue weighted by Crippen LogP contribution is 2.24. The van der Waals surface area contributed by atoms with Crippen LogP contribution in [-0.4, -0.2) is 35.4 Å². The van der Waals surface area contributed by atoms with Crippen LogP contribution in [0.1, 0.15) is 12.0 Å². The molecule has 0 bridgehead atoms. The van der Waals surface area contributed by atoms with Crippen molar-refractivity contribution >= 4 is 11.4 Å². The number of benzene rings is 1. The lowest BCUT2D eigenvalue weighted by atomic mass is 10.0. The summed E-state index contributed by atoms with van der Waals surface area (Å²) in [6.45, 7) is 1.00. The molecule has 1 atom stereocenters. The van der Waals surface area contributed by atoms with Gasteiger partial charge < -0.3 is 15.2 Å². The van der Waals surface area contributed by atoms with Gasteiger partial charge in [-0.3, -0.25) is 10.1 Å². The topological polar surface area (TPSA) is 108 Å². The first-order valence-corrected chi connectivity index (χ1v) is 5.77. The summed E-state index contributed by atoms with van der Waals surface area (Å²) in [4.78, 5) is 10.2. The summed E-state index contributed by atoms with van der Waals surface area (Å²) in [7, 11) is 0. The van der Waals surface area contributed by atoms with Crippen LogP contribution in [0.25, 0.3) is 0 Å². The predicted molar refractivity (Wildman–Crippen MR) is 66.7 cm³/mol.